The second-order valence-electron chi connectivity index (χ2n) is 4.54. The summed E-state index contributed by atoms with van der Waals surface area (Å²) in [6.07, 6.45) is 0.454. The van der Waals surface area contributed by atoms with Gasteiger partial charge in [-0.05, 0) is 12.3 Å². The fourth-order valence-electron chi connectivity index (χ4n) is 1.47. The van der Waals surface area contributed by atoms with Crippen molar-refractivity contribution >= 4 is 28.5 Å². The number of rotatable bonds is 8. The number of carboxylic acids is 1. The second-order valence-corrected chi connectivity index (χ2v) is 5.29. The van der Waals surface area contributed by atoms with Gasteiger partial charge < -0.3 is 9.84 Å². The minimum atomic E-state index is -0.968. The quantitative estimate of drug-likeness (QED) is 0.643. The van der Waals surface area contributed by atoms with Crippen molar-refractivity contribution in [2.45, 2.75) is 26.3 Å². The summed E-state index contributed by atoms with van der Waals surface area (Å²) in [7, 11) is 1.43. The van der Waals surface area contributed by atoms with E-state index in [1.54, 1.807) is 0 Å². The van der Waals surface area contributed by atoms with Crippen molar-refractivity contribution in [1.29, 1.82) is 0 Å². The number of carboxylic acid groups (broad SMARTS) is 1. The molecule has 1 heterocycles. The average molecular weight is 302 g/mol. The van der Waals surface area contributed by atoms with E-state index in [0.29, 0.717) is 11.6 Å². The van der Waals surface area contributed by atoms with Crippen molar-refractivity contribution < 1.29 is 19.4 Å². The topological polar surface area (TPSA) is 113 Å². The van der Waals surface area contributed by atoms with E-state index in [2.05, 4.69) is 20.0 Å². The lowest BCUT2D eigenvalue weighted by molar-refractivity contribution is -0.139. The van der Waals surface area contributed by atoms with Crippen LogP contribution < -0.4 is 15.4 Å². The van der Waals surface area contributed by atoms with Crippen LogP contribution in [0.1, 0.15) is 20.3 Å². The Kier molecular flexibility index (Phi) is 6.32. The van der Waals surface area contributed by atoms with Gasteiger partial charge in [0.2, 0.25) is 11.0 Å². The predicted octanol–water partition coefficient (Wildman–Crippen LogP) is 0.574. The maximum absolute atomic E-state index is 11.7. The zero-order valence-corrected chi connectivity index (χ0v) is 12.4. The van der Waals surface area contributed by atoms with Gasteiger partial charge in [0.05, 0.1) is 13.7 Å². The molecule has 20 heavy (non-hydrogen) atoms. The number of amides is 1. The Morgan fingerprint density at radius 2 is 2.15 bits per heavy atom. The van der Waals surface area contributed by atoms with Gasteiger partial charge in [-0.15, -0.1) is 4.37 Å². The van der Waals surface area contributed by atoms with Crippen molar-refractivity contribution in [3.8, 4) is 6.01 Å². The van der Waals surface area contributed by atoms with Crippen LogP contribution >= 0.6 is 11.5 Å². The highest BCUT2D eigenvalue weighted by atomic mass is 32.1. The van der Waals surface area contributed by atoms with Gasteiger partial charge in [0.25, 0.3) is 0 Å². The first kappa shape index (κ1) is 16.3. The molecule has 1 amide bonds. The van der Waals surface area contributed by atoms with E-state index in [-0.39, 0.29) is 24.4 Å². The molecule has 3 N–H and O–H groups in total. The largest absolute Gasteiger partial charge is 0.480 e. The van der Waals surface area contributed by atoms with Crippen LogP contribution in [0.25, 0.3) is 0 Å². The third kappa shape index (κ3) is 5.49. The molecule has 1 atom stereocenters. The fourth-order valence-corrected chi connectivity index (χ4v) is 2.02. The molecule has 9 heteroatoms. The Morgan fingerprint density at radius 1 is 1.45 bits per heavy atom. The van der Waals surface area contributed by atoms with Crippen molar-refractivity contribution in [3.05, 3.63) is 0 Å². The standard InChI is InChI=1S/C11H18N4O4S/c1-6(2)4-7(9(17)18)12-5-8(16)13-11-14-10(19-3)15-20-11/h6-7,12H,4-5H2,1-3H3,(H,17,18)(H,13,14,15,16)/t7-/m0/s1. The lowest BCUT2D eigenvalue weighted by Crippen LogP contribution is -2.42. The zero-order chi connectivity index (χ0) is 15.1. The van der Waals surface area contributed by atoms with Gasteiger partial charge in [0, 0.05) is 11.5 Å². The number of carbonyl (C=O) groups excluding carboxylic acids is 1. The minimum Gasteiger partial charge on any atom is -0.480 e. The molecule has 0 saturated heterocycles. The van der Waals surface area contributed by atoms with Crippen LogP contribution in [0.5, 0.6) is 6.01 Å². The number of methoxy groups -OCH3 is 1. The van der Waals surface area contributed by atoms with E-state index >= 15 is 0 Å². The molecule has 0 aliphatic heterocycles. The van der Waals surface area contributed by atoms with Crippen LogP contribution in [0.15, 0.2) is 0 Å². The first-order chi connectivity index (χ1) is 9.42. The highest BCUT2D eigenvalue weighted by molar-refractivity contribution is 7.10. The van der Waals surface area contributed by atoms with Crippen molar-refractivity contribution in [2.24, 2.45) is 5.92 Å². The van der Waals surface area contributed by atoms with Crippen LogP contribution in [0.2, 0.25) is 0 Å². The normalized spacial score (nSPS) is 12.2. The van der Waals surface area contributed by atoms with E-state index in [4.69, 9.17) is 9.84 Å². The number of aliphatic carboxylic acids is 1. The van der Waals surface area contributed by atoms with Crippen molar-refractivity contribution in [2.75, 3.05) is 19.0 Å². The van der Waals surface area contributed by atoms with Crippen molar-refractivity contribution in [3.63, 3.8) is 0 Å². The first-order valence-corrected chi connectivity index (χ1v) is 6.83. The monoisotopic (exact) mass is 302 g/mol. The van der Waals surface area contributed by atoms with Gasteiger partial charge in [-0.2, -0.15) is 4.98 Å². The zero-order valence-electron chi connectivity index (χ0n) is 11.5. The summed E-state index contributed by atoms with van der Waals surface area (Å²) in [5, 5.41) is 14.6. The molecule has 0 fully saturated rings. The molecule has 0 aliphatic carbocycles. The molecule has 0 aromatic carbocycles. The Hall–Kier alpha value is -1.74. The molecule has 0 saturated carbocycles. The summed E-state index contributed by atoms with van der Waals surface area (Å²) in [5.74, 6) is -1.12. The maximum Gasteiger partial charge on any atom is 0.329 e. The van der Waals surface area contributed by atoms with E-state index in [1.165, 1.54) is 7.11 Å². The molecule has 112 valence electrons. The summed E-state index contributed by atoms with van der Waals surface area (Å²) in [6, 6.07) is -0.564. The lowest BCUT2D eigenvalue weighted by Gasteiger charge is -2.15. The van der Waals surface area contributed by atoms with Crippen molar-refractivity contribution in [1.82, 2.24) is 14.7 Å². The van der Waals surface area contributed by atoms with Gasteiger partial charge >= 0.3 is 12.0 Å². The predicted molar refractivity (Wildman–Crippen MR) is 74.0 cm³/mol. The fraction of sp³-hybridized carbons (Fsp3) is 0.636. The van der Waals surface area contributed by atoms with Gasteiger partial charge in [-0.1, -0.05) is 13.8 Å². The third-order valence-electron chi connectivity index (χ3n) is 2.35. The molecule has 1 rings (SSSR count). The molecule has 0 bridgehead atoms. The number of anilines is 1. The number of ether oxygens (including phenoxy) is 1. The van der Waals surface area contributed by atoms with E-state index in [1.807, 2.05) is 13.8 Å². The summed E-state index contributed by atoms with van der Waals surface area (Å²) in [4.78, 5) is 26.6. The SMILES string of the molecule is COc1nsc(NC(=O)CN[C@@H](CC(C)C)C(=O)O)n1. The Bertz CT molecular complexity index is 463. The Morgan fingerprint density at radius 3 is 2.65 bits per heavy atom. The number of aromatic nitrogens is 2. The number of nitrogens with one attached hydrogen (secondary N) is 2. The number of hydrogen-bond acceptors (Lipinski definition) is 7. The summed E-state index contributed by atoms with van der Waals surface area (Å²) in [5.41, 5.74) is 0. The van der Waals surface area contributed by atoms with E-state index < -0.39 is 12.0 Å². The molecule has 8 nitrogen and oxygen atoms in total. The maximum atomic E-state index is 11.7. The third-order valence-corrected chi connectivity index (χ3v) is 2.96. The van der Waals surface area contributed by atoms with Gasteiger partial charge in [0.15, 0.2) is 0 Å². The van der Waals surface area contributed by atoms with Gasteiger partial charge in [0.1, 0.15) is 6.04 Å². The van der Waals surface area contributed by atoms with Crippen LogP contribution in [-0.2, 0) is 9.59 Å². The van der Waals surface area contributed by atoms with Crippen LogP contribution in [0.3, 0.4) is 0 Å². The number of hydrogen-bond donors (Lipinski definition) is 3. The van der Waals surface area contributed by atoms with Gasteiger partial charge in [-0.25, -0.2) is 0 Å². The number of carbonyl (C=O) groups is 2. The molecule has 0 radical (unpaired) electrons. The minimum absolute atomic E-state index is 0.106. The molecule has 1 aromatic rings. The summed E-state index contributed by atoms with van der Waals surface area (Å²) >= 11 is 0.992. The molecular weight excluding hydrogens is 284 g/mol. The van der Waals surface area contributed by atoms with E-state index in [0.717, 1.165) is 11.5 Å². The Labute approximate surface area is 120 Å². The highest BCUT2D eigenvalue weighted by Crippen LogP contribution is 2.15. The van der Waals surface area contributed by atoms with Crippen LogP contribution in [-0.4, -0.2) is 46.0 Å². The van der Waals surface area contributed by atoms with Crippen LogP contribution in [0, 0.1) is 5.92 Å². The molecular formula is C11H18N4O4S. The molecule has 1 aromatic heterocycles. The lowest BCUT2D eigenvalue weighted by atomic mass is 10.0. The molecule has 0 spiro atoms. The molecule has 0 unspecified atom stereocenters. The average Bonchev–Trinajstić information content (AvgIpc) is 2.81. The smallest absolute Gasteiger partial charge is 0.329 e. The molecule has 0 aliphatic rings. The summed E-state index contributed by atoms with van der Waals surface area (Å²) < 4.78 is 8.62. The van der Waals surface area contributed by atoms with E-state index in [9.17, 15) is 9.59 Å². The van der Waals surface area contributed by atoms with Gasteiger partial charge in [-0.3, -0.25) is 20.2 Å². The highest BCUT2D eigenvalue weighted by Gasteiger charge is 2.19. The first-order valence-electron chi connectivity index (χ1n) is 6.06. The number of nitrogens with zero attached hydrogens (tertiary/aromatic N) is 2. The van der Waals surface area contributed by atoms with Crippen LogP contribution in [0.4, 0.5) is 5.13 Å². The Balaban J connectivity index is 2.43. The second kappa shape index (κ2) is 7.75. The summed E-state index contributed by atoms with van der Waals surface area (Å²) in [6.45, 7) is 3.74.